The average Bonchev–Trinajstić information content (AvgIpc) is 2.56. The van der Waals surface area contributed by atoms with Crippen molar-refractivity contribution in [3.05, 3.63) is 41.5 Å². The van der Waals surface area contributed by atoms with Gasteiger partial charge in [-0.25, -0.2) is 0 Å². The van der Waals surface area contributed by atoms with E-state index in [4.69, 9.17) is 10.5 Å². The van der Waals surface area contributed by atoms with Gasteiger partial charge in [-0.2, -0.15) is 0 Å². The van der Waals surface area contributed by atoms with Gasteiger partial charge in [-0.3, -0.25) is 4.79 Å². The number of fused-ring (bicyclic) bond motifs is 1. The van der Waals surface area contributed by atoms with Gasteiger partial charge in [-0.05, 0) is 31.2 Å². The first-order valence-corrected chi connectivity index (χ1v) is 8.82. The van der Waals surface area contributed by atoms with Crippen LogP contribution in [0.15, 0.2) is 30.3 Å². The van der Waals surface area contributed by atoms with Crippen molar-refractivity contribution in [1.82, 2.24) is 0 Å². The van der Waals surface area contributed by atoms with Crippen LogP contribution in [0, 0.1) is 11.3 Å². The van der Waals surface area contributed by atoms with Gasteiger partial charge < -0.3 is 10.5 Å². The first-order chi connectivity index (χ1) is 11.1. The van der Waals surface area contributed by atoms with E-state index >= 15 is 0 Å². The fraction of sp³-hybridized carbons (Fsp3) is 0.550. The number of hydrogen-bond acceptors (Lipinski definition) is 3. The van der Waals surface area contributed by atoms with Crippen LogP contribution in [-0.4, -0.2) is 12.6 Å². The molecule has 0 heterocycles. The largest absolute Gasteiger partial charge is 0.465 e. The summed E-state index contributed by atoms with van der Waals surface area (Å²) in [5.41, 5.74) is 8.93. The third kappa shape index (κ3) is 2.77. The summed E-state index contributed by atoms with van der Waals surface area (Å²) in [4.78, 5) is 12.8. The molecule has 2 unspecified atom stereocenters. The Kier molecular flexibility index (Phi) is 4.47. The summed E-state index contributed by atoms with van der Waals surface area (Å²) in [5, 5.41) is 0. The molecule has 0 aromatic heterocycles. The topological polar surface area (TPSA) is 52.3 Å². The number of esters is 1. The smallest absolute Gasteiger partial charge is 0.314 e. The van der Waals surface area contributed by atoms with E-state index in [1.165, 1.54) is 32.1 Å². The van der Waals surface area contributed by atoms with Crippen molar-refractivity contribution in [3.63, 3.8) is 0 Å². The molecule has 124 valence electrons. The molecule has 2 aliphatic carbocycles. The highest BCUT2D eigenvalue weighted by Gasteiger charge is 2.48. The van der Waals surface area contributed by atoms with E-state index in [9.17, 15) is 4.79 Å². The SMILES string of the molecule is CCOC(=O)C1c2ccccc2C(N)=CC1(C)C1CCCCC1. The molecule has 3 heteroatoms. The van der Waals surface area contributed by atoms with E-state index in [-0.39, 0.29) is 17.3 Å². The van der Waals surface area contributed by atoms with E-state index in [2.05, 4.69) is 13.0 Å². The maximum atomic E-state index is 12.8. The molecule has 2 N–H and O–H groups in total. The van der Waals surface area contributed by atoms with E-state index in [1.54, 1.807) is 0 Å². The summed E-state index contributed by atoms with van der Waals surface area (Å²) in [6, 6.07) is 8.02. The fourth-order valence-electron chi connectivity index (χ4n) is 4.53. The summed E-state index contributed by atoms with van der Waals surface area (Å²) in [6.45, 7) is 4.49. The molecule has 0 radical (unpaired) electrons. The van der Waals surface area contributed by atoms with Crippen molar-refractivity contribution >= 4 is 11.7 Å². The van der Waals surface area contributed by atoms with Gasteiger partial charge in [0.2, 0.25) is 0 Å². The lowest BCUT2D eigenvalue weighted by atomic mass is 9.58. The van der Waals surface area contributed by atoms with E-state index < -0.39 is 0 Å². The molecule has 0 aliphatic heterocycles. The second-order valence-corrected chi connectivity index (χ2v) is 7.07. The Morgan fingerprint density at radius 2 is 1.96 bits per heavy atom. The third-order valence-corrected chi connectivity index (χ3v) is 5.68. The molecule has 1 fully saturated rings. The minimum absolute atomic E-state index is 0.114. The number of nitrogens with two attached hydrogens (primary N) is 1. The quantitative estimate of drug-likeness (QED) is 0.849. The Morgan fingerprint density at radius 3 is 2.65 bits per heavy atom. The molecule has 0 spiro atoms. The number of hydrogen-bond donors (Lipinski definition) is 1. The van der Waals surface area contributed by atoms with Crippen molar-refractivity contribution in [1.29, 1.82) is 0 Å². The molecule has 1 aromatic rings. The number of benzene rings is 1. The van der Waals surface area contributed by atoms with Gasteiger partial charge in [0.05, 0.1) is 12.5 Å². The average molecular weight is 313 g/mol. The lowest BCUT2D eigenvalue weighted by Gasteiger charge is -2.45. The fourth-order valence-corrected chi connectivity index (χ4v) is 4.53. The van der Waals surface area contributed by atoms with Crippen LogP contribution in [0.25, 0.3) is 5.70 Å². The number of carbonyl (C=O) groups excluding carboxylic acids is 1. The summed E-state index contributed by atoms with van der Waals surface area (Å²) >= 11 is 0. The zero-order valence-corrected chi connectivity index (χ0v) is 14.2. The van der Waals surface area contributed by atoms with Crippen LogP contribution in [0.3, 0.4) is 0 Å². The highest BCUT2D eigenvalue weighted by atomic mass is 16.5. The lowest BCUT2D eigenvalue weighted by Crippen LogP contribution is -2.41. The van der Waals surface area contributed by atoms with Gasteiger partial charge >= 0.3 is 5.97 Å². The molecule has 0 amide bonds. The molecule has 3 rings (SSSR count). The van der Waals surface area contributed by atoms with Crippen molar-refractivity contribution in [3.8, 4) is 0 Å². The molecule has 0 saturated heterocycles. The molecular formula is C20H27NO2. The van der Waals surface area contributed by atoms with Crippen molar-refractivity contribution in [2.75, 3.05) is 6.61 Å². The minimum atomic E-state index is -0.259. The van der Waals surface area contributed by atoms with Gasteiger partial charge in [0.1, 0.15) is 0 Å². The summed E-state index contributed by atoms with van der Waals surface area (Å²) in [6.07, 6.45) is 8.26. The number of carbonyl (C=O) groups is 1. The Hall–Kier alpha value is -1.77. The predicted molar refractivity (Wildman–Crippen MR) is 92.7 cm³/mol. The maximum absolute atomic E-state index is 12.8. The molecule has 1 aromatic carbocycles. The van der Waals surface area contributed by atoms with Gasteiger partial charge in [-0.1, -0.05) is 56.5 Å². The maximum Gasteiger partial charge on any atom is 0.314 e. The van der Waals surface area contributed by atoms with Gasteiger partial charge in [-0.15, -0.1) is 0 Å². The zero-order valence-electron chi connectivity index (χ0n) is 14.2. The predicted octanol–water partition coefficient (Wildman–Crippen LogP) is 4.23. The molecule has 23 heavy (non-hydrogen) atoms. The highest BCUT2D eigenvalue weighted by Crippen LogP contribution is 2.53. The molecule has 2 atom stereocenters. The van der Waals surface area contributed by atoms with Crippen molar-refractivity contribution < 1.29 is 9.53 Å². The van der Waals surface area contributed by atoms with E-state index in [0.717, 1.165) is 16.8 Å². The first kappa shape index (κ1) is 16.1. The Morgan fingerprint density at radius 1 is 1.26 bits per heavy atom. The summed E-state index contributed by atoms with van der Waals surface area (Å²) in [5.74, 6) is 0.114. The summed E-state index contributed by atoms with van der Waals surface area (Å²) < 4.78 is 5.45. The second kappa shape index (κ2) is 6.38. The normalized spacial score (nSPS) is 27.9. The van der Waals surface area contributed by atoms with Crippen LogP contribution in [0.4, 0.5) is 0 Å². The van der Waals surface area contributed by atoms with Crippen LogP contribution in [0.1, 0.15) is 63.0 Å². The van der Waals surface area contributed by atoms with Gasteiger partial charge in [0.15, 0.2) is 0 Å². The Bertz CT molecular complexity index is 616. The number of ether oxygens (including phenoxy) is 1. The molecule has 2 aliphatic rings. The van der Waals surface area contributed by atoms with Crippen molar-refractivity contribution in [2.45, 2.75) is 51.9 Å². The number of rotatable bonds is 3. The first-order valence-electron chi connectivity index (χ1n) is 8.82. The van der Waals surface area contributed by atoms with Crippen LogP contribution < -0.4 is 5.73 Å². The van der Waals surface area contributed by atoms with Gasteiger partial charge in [0.25, 0.3) is 0 Å². The highest BCUT2D eigenvalue weighted by molar-refractivity contribution is 5.85. The Balaban J connectivity index is 2.09. The third-order valence-electron chi connectivity index (χ3n) is 5.68. The lowest BCUT2D eigenvalue weighted by molar-refractivity contribution is -0.148. The zero-order chi connectivity index (χ0) is 16.4. The van der Waals surface area contributed by atoms with E-state index in [0.29, 0.717) is 12.5 Å². The minimum Gasteiger partial charge on any atom is -0.465 e. The summed E-state index contributed by atoms with van der Waals surface area (Å²) in [7, 11) is 0. The molecule has 0 bridgehead atoms. The van der Waals surface area contributed by atoms with E-state index in [1.807, 2.05) is 31.2 Å². The second-order valence-electron chi connectivity index (χ2n) is 7.07. The number of allylic oxidation sites excluding steroid dienone is 1. The monoisotopic (exact) mass is 313 g/mol. The standard InChI is InChI=1S/C20H27NO2/c1-3-23-19(22)18-16-12-8-7-11-15(16)17(21)13-20(18,2)14-9-5-4-6-10-14/h7-8,11-14,18H,3-6,9-10,21H2,1-2H3. The molecule has 1 saturated carbocycles. The van der Waals surface area contributed by atoms with Crippen LogP contribution in [-0.2, 0) is 9.53 Å². The molecular weight excluding hydrogens is 286 g/mol. The molecule has 3 nitrogen and oxygen atoms in total. The van der Waals surface area contributed by atoms with Gasteiger partial charge in [0, 0.05) is 16.7 Å². The van der Waals surface area contributed by atoms with Crippen LogP contribution >= 0.6 is 0 Å². The van der Waals surface area contributed by atoms with Crippen LogP contribution in [0.5, 0.6) is 0 Å². The van der Waals surface area contributed by atoms with Crippen LogP contribution in [0.2, 0.25) is 0 Å². The van der Waals surface area contributed by atoms with Crippen molar-refractivity contribution in [2.24, 2.45) is 17.1 Å². The Labute approximate surface area is 138 Å².